The Kier molecular flexibility index (Phi) is 5.61. The Bertz CT molecular complexity index is 909. The van der Waals surface area contributed by atoms with Crippen molar-refractivity contribution >= 4 is 46.7 Å². The maximum absolute atomic E-state index is 12.9. The Balaban J connectivity index is 1.89. The molecule has 7 heteroatoms. The number of ether oxygens (including phenoxy) is 1. The van der Waals surface area contributed by atoms with Crippen LogP contribution in [0.2, 0.25) is 0 Å². The molecule has 2 aromatic rings. The zero-order valence-electron chi connectivity index (χ0n) is 15.0. The van der Waals surface area contributed by atoms with Crippen molar-refractivity contribution in [2.75, 3.05) is 11.5 Å². The molecule has 1 aliphatic heterocycles. The fourth-order valence-electron chi connectivity index (χ4n) is 2.66. The highest BCUT2D eigenvalue weighted by Gasteiger charge is 2.38. The zero-order valence-corrected chi connectivity index (χ0v) is 15.8. The molecule has 0 bridgehead atoms. The van der Waals surface area contributed by atoms with E-state index in [4.69, 9.17) is 17.0 Å². The summed E-state index contributed by atoms with van der Waals surface area (Å²) in [6.45, 7) is 4.32. The lowest BCUT2D eigenvalue weighted by Gasteiger charge is -2.31. The third kappa shape index (κ3) is 4.03. The van der Waals surface area contributed by atoms with Gasteiger partial charge in [-0.05, 0) is 50.3 Å². The van der Waals surface area contributed by atoms with Crippen LogP contribution in [0, 0.1) is 12.8 Å². The summed E-state index contributed by atoms with van der Waals surface area (Å²) in [6, 6.07) is 14.5. The molecule has 138 valence electrons. The molecule has 1 fully saturated rings. The molecule has 27 heavy (non-hydrogen) atoms. The number of para-hydroxylation sites is 2. The number of anilines is 1. The second kappa shape index (κ2) is 8.09. The van der Waals surface area contributed by atoms with Crippen LogP contribution in [0.5, 0.6) is 5.75 Å². The lowest BCUT2D eigenvalue weighted by atomic mass is 10.1. The Labute approximate surface area is 162 Å². The topological polar surface area (TPSA) is 71.0 Å². The van der Waals surface area contributed by atoms with E-state index in [9.17, 15) is 9.59 Å². The summed E-state index contributed by atoms with van der Waals surface area (Å²) in [6.07, 6.45) is 1.33. The van der Waals surface area contributed by atoms with Crippen molar-refractivity contribution in [3.05, 3.63) is 54.1 Å². The average molecular weight is 381 g/mol. The molecule has 0 radical (unpaired) electrons. The van der Waals surface area contributed by atoms with Crippen LogP contribution in [0.4, 0.5) is 11.4 Å². The summed E-state index contributed by atoms with van der Waals surface area (Å²) >= 11 is 5.19. The summed E-state index contributed by atoms with van der Waals surface area (Å²) in [5.41, 5.74) is 2.21. The van der Waals surface area contributed by atoms with Crippen molar-refractivity contribution in [3.63, 3.8) is 0 Å². The van der Waals surface area contributed by atoms with Crippen LogP contribution in [-0.4, -0.2) is 29.7 Å². The Morgan fingerprint density at radius 1 is 1.19 bits per heavy atom. The molecule has 1 aliphatic rings. The molecule has 1 atom stereocenters. The first-order valence-electron chi connectivity index (χ1n) is 8.52. The number of carbonyl (C=O) groups excluding carboxylic acids is 2. The van der Waals surface area contributed by atoms with Crippen LogP contribution in [0.25, 0.3) is 0 Å². The summed E-state index contributed by atoms with van der Waals surface area (Å²) in [5, 5.41) is 2.64. The summed E-state index contributed by atoms with van der Waals surface area (Å²) in [5.74, 6) is -1.42. The van der Waals surface area contributed by atoms with Gasteiger partial charge in [0.05, 0.1) is 12.3 Å². The molecule has 1 heterocycles. The molecule has 0 aliphatic carbocycles. The number of thiocarbonyl (C=S) groups is 1. The molecule has 0 saturated carbocycles. The second-order valence-electron chi connectivity index (χ2n) is 5.96. The smallest absolute Gasteiger partial charge is 0.251 e. The number of nitrogens with zero attached hydrogens (tertiary/aromatic N) is 2. The fourth-order valence-corrected chi connectivity index (χ4v) is 2.95. The average Bonchev–Trinajstić information content (AvgIpc) is 2.64. The SMILES string of the molecule is CCOc1ccccc1N=C[C@@H]1C(=O)NC(=S)N(c2ccc(C)cc2)C1=O. The Morgan fingerprint density at radius 3 is 2.59 bits per heavy atom. The van der Waals surface area contributed by atoms with Crippen LogP contribution in [0.1, 0.15) is 12.5 Å². The van der Waals surface area contributed by atoms with Gasteiger partial charge in [-0.2, -0.15) is 0 Å². The highest BCUT2D eigenvalue weighted by atomic mass is 32.1. The van der Waals surface area contributed by atoms with Gasteiger partial charge in [-0.25, -0.2) is 0 Å². The van der Waals surface area contributed by atoms with E-state index < -0.39 is 17.7 Å². The van der Waals surface area contributed by atoms with Crippen LogP contribution in [-0.2, 0) is 9.59 Å². The number of hydrogen-bond donors (Lipinski definition) is 1. The van der Waals surface area contributed by atoms with Crippen molar-refractivity contribution in [1.29, 1.82) is 0 Å². The highest BCUT2D eigenvalue weighted by molar-refractivity contribution is 7.80. The van der Waals surface area contributed by atoms with Gasteiger partial charge in [-0.3, -0.25) is 19.5 Å². The van der Waals surface area contributed by atoms with Crippen molar-refractivity contribution < 1.29 is 14.3 Å². The Morgan fingerprint density at radius 2 is 1.89 bits per heavy atom. The number of rotatable bonds is 5. The van der Waals surface area contributed by atoms with Crippen molar-refractivity contribution in [1.82, 2.24) is 5.32 Å². The normalized spacial score (nSPS) is 17.3. The van der Waals surface area contributed by atoms with Gasteiger partial charge in [0.25, 0.3) is 5.91 Å². The zero-order chi connectivity index (χ0) is 19.4. The number of aryl methyl sites for hydroxylation is 1. The molecule has 0 spiro atoms. The van der Waals surface area contributed by atoms with Gasteiger partial charge in [0.2, 0.25) is 5.91 Å². The van der Waals surface area contributed by atoms with Gasteiger partial charge in [-0.1, -0.05) is 29.8 Å². The second-order valence-corrected chi connectivity index (χ2v) is 6.35. The van der Waals surface area contributed by atoms with Crippen LogP contribution < -0.4 is 15.0 Å². The van der Waals surface area contributed by atoms with E-state index in [1.807, 2.05) is 38.1 Å². The quantitative estimate of drug-likeness (QED) is 0.491. The molecular weight excluding hydrogens is 362 g/mol. The minimum absolute atomic E-state index is 0.0632. The van der Waals surface area contributed by atoms with Crippen molar-refractivity contribution in [3.8, 4) is 5.75 Å². The van der Waals surface area contributed by atoms with E-state index in [0.717, 1.165) is 5.56 Å². The first-order valence-corrected chi connectivity index (χ1v) is 8.93. The van der Waals surface area contributed by atoms with Gasteiger partial charge < -0.3 is 10.1 Å². The largest absolute Gasteiger partial charge is 0.492 e. The summed E-state index contributed by atoms with van der Waals surface area (Å²) in [4.78, 5) is 30.9. The van der Waals surface area contributed by atoms with Gasteiger partial charge in [0, 0.05) is 6.21 Å². The van der Waals surface area contributed by atoms with Gasteiger partial charge in [0.1, 0.15) is 11.4 Å². The van der Waals surface area contributed by atoms with Gasteiger partial charge in [0.15, 0.2) is 11.0 Å². The van der Waals surface area contributed by atoms with Crippen molar-refractivity contribution in [2.24, 2.45) is 10.9 Å². The summed E-state index contributed by atoms with van der Waals surface area (Å²) < 4.78 is 5.52. The molecule has 1 N–H and O–H groups in total. The monoisotopic (exact) mass is 381 g/mol. The maximum atomic E-state index is 12.9. The molecule has 3 rings (SSSR count). The fraction of sp³-hybridized carbons (Fsp3) is 0.200. The molecule has 2 amide bonds. The highest BCUT2D eigenvalue weighted by Crippen LogP contribution is 2.27. The third-order valence-corrected chi connectivity index (χ3v) is 4.31. The first-order chi connectivity index (χ1) is 13.0. The van der Waals surface area contributed by atoms with E-state index in [-0.39, 0.29) is 5.11 Å². The molecule has 1 saturated heterocycles. The number of amides is 2. The minimum atomic E-state index is -1.08. The molecule has 6 nitrogen and oxygen atoms in total. The third-order valence-electron chi connectivity index (χ3n) is 4.02. The Hall–Kier alpha value is -3.06. The van der Waals surface area contributed by atoms with Gasteiger partial charge >= 0.3 is 0 Å². The van der Waals surface area contributed by atoms with E-state index in [1.165, 1.54) is 11.1 Å². The molecule has 0 unspecified atom stereocenters. The number of aliphatic imine (C=N–C) groups is 1. The summed E-state index contributed by atoms with van der Waals surface area (Å²) in [7, 11) is 0. The number of nitrogens with one attached hydrogen (secondary N) is 1. The molecule has 2 aromatic carbocycles. The van der Waals surface area contributed by atoms with E-state index in [1.54, 1.807) is 24.3 Å². The lowest BCUT2D eigenvalue weighted by Crippen LogP contribution is -2.58. The van der Waals surface area contributed by atoms with Gasteiger partial charge in [-0.15, -0.1) is 0 Å². The van der Waals surface area contributed by atoms with Crippen LogP contribution in [0.3, 0.4) is 0 Å². The standard InChI is InChI=1S/C20H19N3O3S/c1-3-26-17-7-5-4-6-16(17)21-12-15-18(24)22-20(27)23(19(15)25)14-10-8-13(2)9-11-14/h4-12,15H,3H2,1-2H3,(H,22,24,27)/t15-/m1/s1. The predicted octanol–water partition coefficient (Wildman–Crippen LogP) is 3.16. The number of benzene rings is 2. The molecule has 0 aromatic heterocycles. The van der Waals surface area contributed by atoms with E-state index in [2.05, 4.69) is 10.3 Å². The number of carbonyl (C=O) groups is 2. The van der Waals surface area contributed by atoms with E-state index in [0.29, 0.717) is 23.7 Å². The first kappa shape index (κ1) is 18.7. The van der Waals surface area contributed by atoms with Crippen molar-refractivity contribution in [2.45, 2.75) is 13.8 Å². The predicted molar refractivity (Wildman–Crippen MR) is 109 cm³/mol. The number of hydrogen-bond acceptors (Lipinski definition) is 5. The van der Waals surface area contributed by atoms with E-state index >= 15 is 0 Å². The minimum Gasteiger partial charge on any atom is -0.492 e. The van der Waals surface area contributed by atoms with Crippen LogP contribution >= 0.6 is 12.2 Å². The molecular formula is C20H19N3O3S. The maximum Gasteiger partial charge on any atom is 0.251 e. The lowest BCUT2D eigenvalue weighted by molar-refractivity contribution is -0.130. The van der Waals surface area contributed by atoms with Crippen LogP contribution in [0.15, 0.2) is 53.5 Å².